The van der Waals surface area contributed by atoms with E-state index in [9.17, 15) is 18.0 Å². The predicted octanol–water partition coefficient (Wildman–Crippen LogP) is -0.532. The van der Waals surface area contributed by atoms with E-state index in [1.165, 1.54) is 10.8 Å². The lowest BCUT2D eigenvalue weighted by molar-refractivity contribution is 0.0685. The number of carboxylic acids is 1. The molecule has 0 radical (unpaired) electrons. The van der Waals surface area contributed by atoms with E-state index in [4.69, 9.17) is 10.8 Å². The van der Waals surface area contributed by atoms with Crippen molar-refractivity contribution >= 4 is 22.0 Å². The fourth-order valence-electron chi connectivity index (χ4n) is 1.88. The van der Waals surface area contributed by atoms with Crippen molar-refractivity contribution < 1.29 is 23.1 Å². The maximum atomic E-state index is 12.0. The van der Waals surface area contributed by atoms with Crippen molar-refractivity contribution in [2.24, 2.45) is 5.73 Å². The molecule has 0 aliphatic heterocycles. The highest BCUT2D eigenvalue weighted by Crippen LogP contribution is 2.37. The monoisotopic (exact) mass is 316 g/mol. The Hall–Kier alpha value is -2.07. The summed E-state index contributed by atoms with van der Waals surface area (Å²) in [5, 5.41) is 11.3. The maximum absolute atomic E-state index is 12.0. The van der Waals surface area contributed by atoms with E-state index in [0.29, 0.717) is 0 Å². The number of carbonyl (C=O) groups excluding carboxylic acids is 1. The van der Waals surface area contributed by atoms with Crippen molar-refractivity contribution in [2.75, 3.05) is 13.1 Å². The SMILES string of the molecule is NC(=O)NCCNS(=O)(=O)c1cc(C(=O)O)n(C2CC2)c1. The Kier molecular flexibility index (Phi) is 4.19. The zero-order valence-corrected chi connectivity index (χ0v) is 11.9. The zero-order chi connectivity index (χ0) is 15.6. The van der Waals surface area contributed by atoms with Crippen LogP contribution in [0.25, 0.3) is 0 Å². The van der Waals surface area contributed by atoms with Gasteiger partial charge in [-0.05, 0) is 18.9 Å². The van der Waals surface area contributed by atoms with Crippen LogP contribution in [0.1, 0.15) is 29.4 Å². The summed E-state index contributed by atoms with van der Waals surface area (Å²) in [6, 6.07) is 0.434. The van der Waals surface area contributed by atoms with E-state index >= 15 is 0 Å². The average molecular weight is 316 g/mol. The van der Waals surface area contributed by atoms with Crippen LogP contribution in [0.4, 0.5) is 4.79 Å². The summed E-state index contributed by atoms with van der Waals surface area (Å²) in [6.07, 6.45) is 3.00. The number of aromatic nitrogens is 1. The molecule has 0 aromatic carbocycles. The van der Waals surface area contributed by atoms with E-state index < -0.39 is 22.0 Å². The minimum Gasteiger partial charge on any atom is -0.477 e. The third-order valence-corrected chi connectivity index (χ3v) is 4.44. The van der Waals surface area contributed by atoms with E-state index in [1.54, 1.807) is 0 Å². The quantitative estimate of drug-likeness (QED) is 0.500. The third-order valence-electron chi connectivity index (χ3n) is 3.01. The molecule has 2 rings (SSSR count). The first-order valence-corrected chi connectivity index (χ1v) is 7.77. The number of sulfonamides is 1. The number of urea groups is 1. The molecule has 1 aromatic rings. The smallest absolute Gasteiger partial charge is 0.352 e. The van der Waals surface area contributed by atoms with E-state index in [1.807, 2.05) is 0 Å². The van der Waals surface area contributed by atoms with E-state index in [2.05, 4.69) is 10.0 Å². The minimum atomic E-state index is -3.83. The van der Waals surface area contributed by atoms with Crippen molar-refractivity contribution in [1.29, 1.82) is 0 Å². The van der Waals surface area contributed by atoms with Crippen molar-refractivity contribution in [3.05, 3.63) is 18.0 Å². The number of nitrogens with one attached hydrogen (secondary N) is 2. The Labute approximate surface area is 121 Å². The van der Waals surface area contributed by atoms with Gasteiger partial charge in [0.1, 0.15) is 10.6 Å². The number of hydrogen-bond acceptors (Lipinski definition) is 4. The third kappa shape index (κ3) is 3.73. The van der Waals surface area contributed by atoms with Gasteiger partial charge in [0.2, 0.25) is 10.0 Å². The second kappa shape index (κ2) is 5.74. The summed E-state index contributed by atoms with van der Waals surface area (Å²) in [6.45, 7) is 0.00592. The Balaban J connectivity index is 2.11. The predicted molar refractivity (Wildman–Crippen MR) is 72.4 cm³/mol. The molecular formula is C11H16N4O5S. The fraction of sp³-hybridized carbons (Fsp3) is 0.455. The first-order chi connectivity index (χ1) is 9.81. The number of primary amides is 1. The molecule has 0 saturated heterocycles. The second-order valence-electron chi connectivity index (χ2n) is 4.69. The largest absolute Gasteiger partial charge is 0.477 e. The molecule has 0 spiro atoms. The van der Waals surface area contributed by atoms with Gasteiger partial charge in [-0.25, -0.2) is 22.7 Å². The van der Waals surface area contributed by atoms with Gasteiger partial charge in [-0.1, -0.05) is 0 Å². The molecule has 1 saturated carbocycles. The van der Waals surface area contributed by atoms with Gasteiger partial charge in [-0.15, -0.1) is 0 Å². The lowest BCUT2D eigenvalue weighted by Crippen LogP contribution is -2.37. The van der Waals surface area contributed by atoms with Crippen LogP contribution < -0.4 is 15.8 Å². The molecular weight excluding hydrogens is 300 g/mol. The van der Waals surface area contributed by atoms with Crippen LogP contribution in [0.15, 0.2) is 17.2 Å². The van der Waals surface area contributed by atoms with Gasteiger partial charge in [0.25, 0.3) is 0 Å². The lowest BCUT2D eigenvalue weighted by atomic mass is 10.4. The molecule has 5 N–H and O–H groups in total. The second-order valence-corrected chi connectivity index (χ2v) is 6.46. The molecule has 0 atom stereocenters. The van der Waals surface area contributed by atoms with Crippen LogP contribution in [-0.4, -0.2) is 43.2 Å². The number of carbonyl (C=O) groups is 2. The fourth-order valence-corrected chi connectivity index (χ4v) is 2.94. The number of carboxylic acid groups (broad SMARTS) is 1. The molecule has 2 amide bonds. The normalized spacial score (nSPS) is 14.9. The van der Waals surface area contributed by atoms with Gasteiger partial charge in [0.15, 0.2) is 0 Å². The maximum Gasteiger partial charge on any atom is 0.352 e. The number of rotatable bonds is 7. The molecule has 21 heavy (non-hydrogen) atoms. The van der Waals surface area contributed by atoms with Crippen molar-refractivity contribution in [2.45, 2.75) is 23.8 Å². The molecule has 1 aromatic heterocycles. The van der Waals surface area contributed by atoms with Gasteiger partial charge < -0.3 is 20.7 Å². The standard InChI is InChI=1S/C11H16N4O5S/c12-11(18)13-3-4-14-21(19,20)8-5-9(10(16)17)15(6-8)7-1-2-7/h5-7,14H,1-4H2,(H,16,17)(H3,12,13,18). The Morgan fingerprint density at radius 1 is 1.38 bits per heavy atom. The zero-order valence-electron chi connectivity index (χ0n) is 11.1. The molecule has 1 heterocycles. The number of aromatic carboxylic acids is 1. The van der Waals surface area contributed by atoms with Gasteiger partial charge in [0.05, 0.1) is 0 Å². The topological polar surface area (TPSA) is 144 Å². The Bertz CT molecular complexity index is 662. The van der Waals surface area contributed by atoms with Crippen molar-refractivity contribution in [3.8, 4) is 0 Å². The van der Waals surface area contributed by atoms with Gasteiger partial charge >= 0.3 is 12.0 Å². The molecule has 1 aliphatic carbocycles. The van der Waals surface area contributed by atoms with E-state index in [-0.39, 0.29) is 29.7 Å². The highest BCUT2D eigenvalue weighted by Gasteiger charge is 2.30. The summed E-state index contributed by atoms with van der Waals surface area (Å²) in [4.78, 5) is 21.5. The first-order valence-electron chi connectivity index (χ1n) is 6.29. The lowest BCUT2D eigenvalue weighted by Gasteiger charge is -2.05. The van der Waals surface area contributed by atoms with Crippen molar-refractivity contribution in [1.82, 2.24) is 14.6 Å². The number of nitrogens with zero attached hydrogens (tertiary/aromatic N) is 1. The van der Waals surface area contributed by atoms with Gasteiger partial charge in [-0.2, -0.15) is 0 Å². The minimum absolute atomic E-state index is 0.0394. The average Bonchev–Trinajstić information content (AvgIpc) is 3.12. The summed E-state index contributed by atoms with van der Waals surface area (Å²) < 4.78 is 27.8. The molecule has 10 heteroatoms. The molecule has 0 unspecified atom stereocenters. The van der Waals surface area contributed by atoms with Crippen LogP contribution in [0.2, 0.25) is 0 Å². The summed E-state index contributed by atoms with van der Waals surface area (Å²) >= 11 is 0. The molecule has 0 bridgehead atoms. The van der Waals surface area contributed by atoms with Crippen LogP contribution in [0, 0.1) is 0 Å². The van der Waals surface area contributed by atoms with Gasteiger partial charge in [0, 0.05) is 25.3 Å². The summed E-state index contributed by atoms with van der Waals surface area (Å²) in [5.41, 5.74) is 4.81. The summed E-state index contributed by atoms with van der Waals surface area (Å²) in [7, 11) is -3.83. The van der Waals surface area contributed by atoms with Crippen LogP contribution in [-0.2, 0) is 10.0 Å². The molecule has 1 aliphatic rings. The Morgan fingerprint density at radius 3 is 2.57 bits per heavy atom. The highest BCUT2D eigenvalue weighted by atomic mass is 32.2. The summed E-state index contributed by atoms with van der Waals surface area (Å²) in [5.74, 6) is -1.17. The first kappa shape index (κ1) is 15.3. The number of amides is 2. The molecule has 116 valence electrons. The van der Waals surface area contributed by atoms with E-state index in [0.717, 1.165) is 18.9 Å². The number of hydrogen-bond donors (Lipinski definition) is 4. The highest BCUT2D eigenvalue weighted by molar-refractivity contribution is 7.89. The van der Waals surface area contributed by atoms with Crippen LogP contribution in [0.5, 0.6) is 0 Å². The van der Waals surface area contributed by atoms with Crippen molar-refractivity contribution in [3.63, 3.8) is 0 Å². The molecule has 9 nitrogen and oxygen atoms in total. The number of nitrogens with two attached hydrogens (primary N) is 1. The molecule has 1 fully saturated rings. The van der Waals surface area contributed by atoms with Gasteiger partial charge in [-0.3, -0.25) is 0 Å². The van der Waals surface area contributed by atoms with Crippen LogP contribution >= 0.6 is 0 Å². The van der Waals surface area contributed by atoms with Crippen LogP contribution in [0.3, 0.4) is 0 Å². The Morgan fingerprint density at radius 2 is 2.05 bits per heavy atom.